The number of carbonyl (C=O) groups excluding carboxylic acids is 1. The van der Waals surface area contributed by atoms with Crippen LogP contribution in [0.4, 0.5) is 26.5 Å². The topological polar surface area (TPSA) is 126 Å². The van der Waals surface area contributed by atoms with Crippen molar-refractivity contribution in [1.82, 2.24) is 15.0 Å². The molecule has 0 radical (unpaired) electrons. The second-order valence-electron chi connectivity index (χ2n) is 7.71. The van der Waals surface area contributed by atoms with Crippen LogP contribution >= 0.6 is 0 Å². The van der Waals surface area contributed by atoms with E-state index in [1.165, 1.54) is 18.2 Å². The molecule has 2 aromatic carbocycles. The Bertz CT molecular complexity index is 1280. The number of hydrogen-bond donors (Lipinski definition) is 2. The van der Waals surface area contributed by atoms with Crippen LogP contribution in [0.2, 0.25) is 0 Å². The number of morpholine rings is 1. The summed E-state index contributed by atoms with van der Waals surface area (Å²) >= 11 is 0. The molecule has 1 saturated heterocycles. The van der Waals surface area contributed by atoms with Crippen LogP contribution in [0.5, 0.6) is 0 Å². The van der Waals surface area contributed by atoms with Gasteiger partial charge in [0.25, 0.3) is 0 Å². The lowest BCUT2D eigenvalue weighted by molar-refractivity contribution is 0.122. The predicted molar refractivity (Wildman–Crippen MR) is 126 cm³/mol. The molecule has 34 heavy (non-hydrogen) atoms. The molecule has 0 atom stereocenters. The first kappa shape index (κ1) is 23.5. The van der Waals surface area contributed by atoms with Crippen LogP contribution in [0.1, 0.15) is 5.82 Å². The van der Waals surface area contributed by atoms with Gasteiger partial charge >= 0.3 is 6.03 Å². The number of nitrogens with zero attached hydrogens (tertiary/aromatic N) is 4. The maximum atomic E-state index is 13.3. The van der Waals surface area contributed by atoms with Gasteiger partial charge in [-0.1, -0.05) is 6.07 Å². The Balaban J connectivity index is 1.53. The molecule has 3 aromatic rings. The van der Waals surface area contributed by atoms with Gasteiger partial charge in [-0.2, -0.15) is 9.97 Å². The summed E-state index contributed by atoms with van der Waals surface area (Å²) in [6.07, 6.45) is 1.13. The lowest BCUT2D eigenvalue weighted by atomic mass is 10.2. The maximum Gasteiger partial charge on any atom is 0.323 e. The third-order valence-electron chi connectivity index (χ3n) is 4.84. The highest BCUT2D eigenvalue weighted by Crippen LogP contribution is 2.22. The fraction of sp³-hybridized carbons (Fsp3) is 0.273. The minimum absolute atomic E-state index is 0.158. The Morgan fingerprint density at radius 1 is 1.03 bits per heavy atom. The largest absolute Gasteiger partial charge is 0.378 e. The highest BCUT2D eigenvalue weighted by atomic mass is 32.2. The molecule has 4 rings (SSSR count). The van der Waals surface area contributed by atoms with Crippen LogP contribution in [0, 0.1) is 5.82 Å². The zero-order valence-electron chi connectivity index (χ0n) is 18.4. The van der Waals surface area contributed by atoms with Crippen molar-refractivity contribution in [3.05, 3.63) is 60.2 Å². The number of benzene rings is 2. The highest BCUT2D eigenvalue weighted by molar-refractivity contribution is 7.89. The number of nitrogens with one attached hydrogen (secondary N) is 2. The van der Waals surface area contributed by atoms with Gasteiger partial charge in [0, 0.05) is 36.3 Å². The van der Waals surface area contributed by atoms with Crippen molar-refractivity contribution >= 4 is 33.2 Å². The van der Waals surface area contributed by atoms with E-state index < -0.39 is 21.7 Å². The predicted octanol–water partition coefficient (Wildman–Crippen LogP) is 2.70. The number of urea groups is 1. The van der Waals surface area contributed by atoms with Crippen LogP contribution in [-0.4, -0.2) is 62.0 Å². The van der Waals surface area contributed by atoms with Crippen LogP contribution in [0.3, 0.4) is 0 Å². The lowest BCUT2D eigenvalue weighted by Gasteiger charge is -2.27. The fourth-order valence-corrected chi connectivity index (χ4v) is 3.90. The van der Waals surface area contributed by atoms with E-state index in [0.717, 1.165) is 6.26 Å². The van der Waals surface area contributed by atoms with E-state index in [0.29, 0.717) is 55.0 Å². The number of aromatic nitrogens is 3. The number of carbonyl (C=O) groups is 1. The zero-order valence-corrected chi connectivity index (χ0v) is 19.2. The maximum absolute atomic E-state index is 13.3. The number of rotatable bonds is 6. The second kappa shape index (κ2) is 10.1. The van der Waals surface area contributed by atoms with Crippen molar-refractivity contribution in [2.75, 3.05) is 48.1 Å². The Labute approximate surface area is 196 Å². The van der Waals surface area contributed by atoms with Crippen molar-refractivity contribution in [2.45, 2.75) is 5.75 Å². The van der Waals surface area contributed by atoms with Gasteiger partial charge in [-0.25, -0.2) is 22.6 Å². The van der Waals surface area contributed by atoms with Crippen LogP contribution < -0.4 is 15.5 Å². The van der Waals surface area contributed by atoms with Crippen molar-refractivity contribution in [3.63, 3.8) is 0 Å². The first-order valence-corrected chi connectivity index (χ1v) is 12.5. The van der Waals surface area contributed by atoms with Gasteiger partial charge in [0.05, 0.1) is 13.2 Å². The van der Waals surface area contributed by atoms with Crippen molar-refractivity contribution in [2.24, 2.45) is 0 Å². The van der Waals surface area contributed by atoms with Crippen LogP contribution in [0.25, 0.3) is 11.4 Å². The van der Waals surface area contributed by atoms with Gasteiger partial charge in [-0.3, -0.25) is 0 Å². The average molecular weight is 487 g/mol. The number of ether oxygens (including phenoxy) is 1. The van der Waals surface area contributed by atoms with Gasteiger partial charge in [0.15, 0.2) is 15.7 Å². The van der Waals surface area contributed by atoms with Crippen molar-refractivity contribution in [1.29, 1.82) is 0 Å². The van der Waals surface area contributed by atoms with Crippen LogP contribution in [-0.2, 0) is 20.3 Å². The molecule has 1 fully saturated rings. The molecule has 0 spiro atoms. The summed E-state index contributed by atoms with van der Waals surface area (Å²) in [6.45, 7) is 2.23. The Kier molecular flexibility index (Phi) is 6.98. The van der Waals surface area contributed by atoms with E-state index >= 15 is 0 Å². The lowest BCUT2D eigenvalue weighted by Crippen LogP contribution is -2.37. The summed E-state index contributed by atoms with van der Waals surface area (Å²) in [7, 11) is -3.35. The monoisotopic (exact) mass is 486 g/mol. The second-order valence-corrected chi connectivity index (χ2v) is 9.85. The Hall–Kier alpha value is -3.64. The molecule has 12 heteroatoms. The molecule has 0 saturated carbocycles. The standard InChI is InChI=1S/C22H23FN6O4S/c1-34(31,32)14-19-26-20(28-21(27-19)29-9-11-33-12-10-29)15-5-7-17(8-6-15)24-22(30)25-18-4-2-3-16(23)13-18/h2-8,13H,9-12,14H2,1H3,(H2,24,25,30). The molecular weight excluding hydrogens is 463 g/mol. The van der Waals surface area contributed by atoms with Gasteiger partial charge < -0.3 is 20.3 Å². The summed E-state index contributed by atoms with van der Waals surface area (Å²) in [5.74, 6) is 0.117. The van der Waals surface area contributed by atoms with Gasteiger partial charge in [-0.15, -0.1) is 0 Å². The molecule has 2 N–H and O–H groups in total. The van der Waals surface area contributed by atoms with E-state index in [4.69, 9.17) is 4.74 Å². The molecule has 0 aliphatic carbocycles. The minimum atomic E-state index is -3.35. The minimum Gasteiger partial charge on any atom is -0.378 e. The van der Waals surface area contributed by atoms with E-state index in [1.54, 1.807) is 30.3 Å². The number of hydrogen-bond acceptors (Lipinski definition) is 8. The van der Waals surface area contributed by atoms with Crippen LogP contribution in [0.15, 0.2) is 48.5 Å². The smallest absolute Gasteiger partial charge is 0.323 e. The Morgan fingerprint density at radius 2 is 1.74 bits per heavy atom. The molecule has 1 aliphatic heterocycles. The summed E-state index contributed by atoms with van der Waals surface area (Å²) in [5, 5.41) is 5.22. The molecule has 0 bridgehead atoms. The quantitative estimate of drug-likeness (QED) is 0.545. The van der Waals surface area contributed by atoms with Gasteiger partial charge in [0.2, 0.25) is 5.95 Å². The molecule has 1 aliphatic rings. The highest BCUT2D eigenvalue weighted by Gasteiger charge is 2.19. The summed E-state index contributed by atoms with van der Waals surface area (Å²) in [5.41, 5.74) is 1.45. The third-order valence-corrected chi connectivity index (χ3v) is 5.62. The number of halogens is 1. The van der Waals surface area contributed by atoms with E-state index in [9.17, 15) is 17.6 Å². The van der Waals surface area contributed by atoms with E-state index in [1.807, 2.05) is 4.90 Å². The zero-order chi connectivity index (χ0) is 24.1. The number of sulfone groups is 1. The average Bonchev–Trinajstić information content (AvgIpc) is 2.79. The normalized spacial score (nSPS) is 14.0. The number of amides is 2. The molecule has 1 aromatic heterocycles. The van der Waals surface area contributed by atoms with Gasteiger partial charge in [-0.05, 0) is 42.5 Å². The summed E-state index contributed by atoms with van der Waals surface area (Å²) in [6, 6.07) is 11.8. The molecular formula is C22H23FN6O4S. The molecule has 0 unspecified atom stereocenters. The summed E-state index contributed by atoms with van der Waals surface area (Å²) < 4.78 is 42.3. The molecule has 178 valence electrons. The Morgan fingerprint density at radius 3 is 2.41 bits per heavy atom. The number of anilines is 3. The van der Waals surface area contributed by atoms with Crippen molar-refractivity contribution < 1.29 is 22.3 Å². The third kappa shape index (κ3) is 6.45. The first-order chi connectivity index (χ1) is 16.2. The summed E-state index contributed by atoms with van der Waals surface area (Å²) in [4.78, 5) is 27.3. The molecule has 10 nitrogen and oxygen atoms in total. The van der Waals surface area contributed by atoms with E-state index in [-0.39, 0.29) is 11.6 Å². The van der Waals surface area contributed by atoms with E-state index in [2.05, 4.69) is 25.6 Å². The molecule has 2 amide bonds. The fourth-order valence-electron chi connectivity index (χ4n) is 3.30. The van der Waals surface area contributed by atoms with Gasteiger partial charge in [0.1, 0.15) is 17.4 Å². The van der Waals surface area contributed by atoms with Crippen molar-refractivity contribution in [3.8, 4) is 11.4 Å². The SMILES string of the molecule is CS(=O)(=O)Cc1nc(-c2ccc(NC(=O)Nc3cccc(F)c3)cc2)nc(N2CCOCC2)n1. The first-order valence-electron chi connectivity index (χ1n) is 10.4. The molecule has 2 heterocycles.